The fourth-order valence-electron chi connectivity index (χ4n) is 3.21. The number of hydrogen-bond donors (Lipinski definition) is 2. The number of anilines is 1. The first-order valence-electron chi connectivity index (χ1n) is 10.1. The highest BCUT2D eigenvalue weighted by Crippen LogP contribution is 2.24. The van der Waals surface area contributed by atoms with Gasteiger partial charge in [0.25, 0.3) is 0 Å². The molecule has 0 bridgehead atoms. The third kappa shape index (κ3) is 5.65. The van der Waals surface area contributed by atoms with E-state index in [9.17, 15) is 5.11 Å². The lowest BCUT2D eigenvalue weighted by molar-refractivity contribution is -0.148. The molecule has 2 heterocycles. The van der Waals surface area contributed by atoms with Crippen molar-refractivity contribution in [2.75, 3.05) is 25.6 Å². The summed E-state index contributed by atoms with van der Waals surface area (Å²) in [6.07, 6.45) is 1.85. The second-order valence-corrected chi connectivity index (χ2v) is 6.85. The Balaban J connectivity index is 1.77. The van der Waals surface area contributed by atoms with Crippen molar-refractivity contribution in [2.45, 2.75) is 39.7 Å². The van der Waals surface area contributed by atoms with Crippen LogP contribution in [-0.2, 0) is 22.6 Å². The van der Waals surface area contributed by atoms with Gasteiger partial charge in [0, 0.05) is 38.7 Å². The van der Waals surface area contributed by atoms with E-state index in [0.717, 1.165) is 5.56 Å². The van der Waals surface area contributed by atoms with Crippen LogP contribution >= 0.6 is 0 Å². The van der Waals surface area contributed by atoms with Crippen molar-refractivity contribution in [3.05, 3.63) is 42.2 Å². The van der Waals surface area contributed by atoms with Crippen molar-refractivity contribution in [2.24, 2.45) is 5.92 Å². The molecule has 2 aromatic heterocycles. The zero-order chi connectivity index (χ0) is 21.3. The summed E-state index contributed by atoms with van der Waals surface area (Å²) in [6.45, 7) is 5.74. The number of imidazole rings is 1. The standard InChI is InChI=1S/C21H29N5O4/c1-3-28-17(29-4-2)10-16(12-27)11-26-14-23-18-19(26)24-21(22)25-20(18)30-13-15-8-6-5-7-9-15/h5-9,14,16-17,27H,3-4,10-13H2,1-2H3,(H2,22,24,25)/t16-/m1/s1. The molecule has 1 aromatic carbocycles. The van der Waals surface area contributed by atoms with E-state index in [1.54, 1.807) is 6.33 Å². The van der Waals surface area contributed by atoms with E-state index in [0.29, 0.717) is 49.8 Å². The molecule has 0 unspecified atom stereocenters. The van der Waals surface area contributed by atoms with Crippen LogP contribution in [0.15, 0.2) is 36.7 Å². The summed E-state index contributed by atoms with van der Waals surface area (Å²) in [5.41, 5.74) is 8.02. The van der Waals surface area contributed by atoms with E-state index >= 15 is 0 Å². The fraction of sp³-hybridized carbons (Fsp3) is 0.476. The van der Waals surface area contributed by atoms with Crippen molar-refractivity contribution in [1.82, 2.24) is 19.5 Å². The van der Waals surface area contributed by atoms with Gasteiger partial charge in [0.15, 0.2) is 17.5 Å². The molecule has 0 saturated carbocycles. The molecule has 9 nitrogen and oxygen atoms in total. The zero-order valence-electron chi connectivity index (χ0n) is 17.4. The van der Waals surface area contributed by atoms with E-state index in [1.165, 1.54) is 0 Å². The lowest BCUT2D eigenvalue weighted by atomic mass is 10.1. The van der Waals surface area contributed by atoms with Crippen LogP contribution in [0.3, 0.4) is 0 Å². The predicted octanol–water partition coefficient (Wildman–Crippen LogP) is 2.39. The lowest BCUT2D eigenvalue weighted by Crippen LogP contribution is -2.25. The Kier molecular flexibility index (Phi) is 7.95. The van der Waals surface area contributed by atoms with Crippen LogP contribution in [-0.4, -0.2) is 50.7 Å². The number of ether oxygens (including phenoxy) is 3. The van der Waals surface area contributed by atoms with Crippen LogP contribution < -0.4 is 10.5 Å². The summed E-state index contributed by atoms with van der Waals surface area (Å²) < 4.78 is 18.9. The van der Waals surface area contributed by atoms with E-state index < -0.39 is 0 Å². The van der Waals surface area contributed by atoms with Crippen LogP contribution in [0.2, 0.25) is 0 Å². The molecule has 3 aromatic rings. The molecule has 0 amide bonds. The third-order valence-corrected chi connectivity index (χ3v) is 4.61. The predicted molar refractivity (Wildman–Crippen MR) is 113 cm³/mol. The summed E-state index contributed by atoms with van der Waals surface area (Å²) in [4.78, 5) is 13.0. The number of hydrogen-bond acceptors (Lipinski definition) is 8. The van der Waals surface area contributed by atoms with E-state index in [1.807, 2.05) is 48.7 Å². The van der Waals surface area contributed by atoms with Crippen molar-refractivity contribution in [1.29, 1.82) is 0 Å². The largest absolute Gasteiger partial charge is 0.471 e. The Labute approximate surface area is 175 Å². The summed E-state index contributed by atoms with van der Waals surface area (Å²) in [7, 11) is 0. The van der Waals surface area contributed by atoms with Crippen LogP contribution in [0.4, 0.5) is 5.95 Å². The van der Waals surface area contributed by atoms with Gasteiger partial charge < -0.3 is 29.6 Å². The average molecular weight is 415 g/mol. The maximum absolute atomic E-state index is 9.87. The number of aliphatic hydroxyl groups excluding tert-OH is 1. The minimum Gasteiger partial charge on any atom is -0.471 e. The van der Waals surface area contributed by atoms with Gasteiger partial charge in [-0.1, -0.05) is 30.3 Å². The Morgan fingerprint density at radius 2 is 1.83 bits per heavy atom. The van der Waals surface area contributed by atoms with E-state index in [-0.39, 0.29) is 24.8 Å². The number of rotatable bonds is 12. The topological polar surface area (TPSA) is 118 Å². The van der Waals surface area contributed by atoms with Crippen LogP contribution in [0, 0.1) is 5.92 Å². The fourth-order valence-corrected chi connectivity index (χ4v) is 3.21. The highest BCUT2D eigenvalue weighted by molar-refractivity contribution is 5.77. The average Bonchev–Trinajstić information content (AvgIpc) is 3.15. The molecule has 30 heavy (non-hydrogen) atoms. The molecule has 9 heteroatoms. The maximum Gasteiger partial charge on any atom is 0.247 e. The Hall–Kier alpha value is -2.75. The number of nitrogen functional groups attached to an aromatic ring is 1. The molecule has 1 atom stereocenters. The second-order valence-electron chi connectivity index (χ2n) is 6.85. The summed E-state index contributed by atoms with van der Waals surface area (Å²) in [6, 6.07) is 9.79. The second kappa shape index (κ2) is 10.9. The van der Waals surface area contributed by atoms with Crippen molar-refractivity contribution in [3.63, 3.8) is 0 Å². The van der Waals surface area contributed by atoms with Gasteiger partial charge in [-0.25, -0.2) is 4.98 Å². The molecule has 0 radical (unpaired) electrons. The number of aliphatic hydroxyl groups is 1. The molecule has 0 aliphatic heterocycles. The van der Waals surface area contributed by atoms with Gasteiger partial charge >= 0.3 is 0 Å². The molecule has 0 aliphatic carbocycles. The number of benzene rings is 1. The van der Waals surface area contributed by atoms with Crippen molar-refractivity contribution >= 4 is 17.1 Å². The van der Waals surface area contributed by atoms with Gasteiger partial charge in [-0.15, -0.1) is 0 Å². The van der Waals surface area contributed by atoms with Crippen molar-refractivity contribution < 1.29 is 19.3 Å². The molecule has 3 rings (SSSR count). The van der Waals surface area contributed by atoms with Gasteiger partial charge in [-0.2, -0.15) is 9.97 Å². The van der Waals surface area contributed by atoms with Crippen LogP contribution in [0.25, 0.3) is 11.2 Å². The number of nitrogens with two attached hydrogens (primary N) is 1. The first-order chi connectivity index (χ1) is 14.6. The highest BCUT2D eigenvalue weighted by atomic mass is 16.7. The Morgan fingerprint density at radius 3 is 2.50 bits per heavy atom. The summed E-state index contributed by atoms with van der Waals surface area (Å²) >= 11 is 0. The number of nitrogens with zero attached hydrogens (tertiary/aromatic N) is 4. The zero-order valence-corrected chi connectivity index (χ0v) is 17.4. The van der Waals surface area contributed by atoms with Crippen molar-refractivity contribution in [3.8, 4) is 5.88 Å². The minimum atomic E-state index is -0.364. The summed E-state index contributed by atoms with van der Waals surface area (Å²) in [5, 5.41) is 9.87. The van der Waals surface area contributed by atoms with Crippen LogP contribution in [0.5, 0.6) is 5.88 Å². The molecule has 0 aliphatic rings. The number of aromatic nitrogens is 4. The smallest absolute Gasteiger partial charge is 0.247 e. The van der Waals surface area contributed by atoms with E-state index in [4.69, 9.17) is 19.9 Å². The quantitative estimate of drug-likeness (QED) is 0.433. The molecular formula is C21H29N5O4. The van der Waals surface area contributed by atoms with Gasteiger partial charge in [0.1, 0.15) is 6.61 Å². The van der Waals surface area contributed by atoms with Gasteiger partial charge in [-0.05, 0) is 19.4 Å². The number of fused-ring (bicyclic) bond motifs is 1. The summed E-state index contributed by atoms with van der Waals surface area (Å²) in [5.74, 6) is 0.340. The molecule has 0 fully saturated rings. The first-order valence-corrected chi connectivity index (χ1v) is 10.1. The third-order valence-electron chi connectivity index (χ3n) is 4.61. The van der Waals surface area contributed by atoms with Gasteiger partial charge in [0.05, 0.1) is 6.33 Å². The minimum absolute atomic E-state index is 0.0196. The SMILES string of the molecule is CCOC(C[C@@H](CO)Cn1cnc2c(OCc3ccccc3)nc(N)nc21)OCC. The molecular weight excluding hydrogens is 386 g/mol. The molecule has 0 saturated heterocycles. The Morgan fingerprint density at radius 1 is 1.10 bits per heavy atom. The van der Waals surface area contributed by atoms with Gasteiger partial charge in [-0.3, -0.25) is 0 Å². The highest BCUT2D eigenvalue weighted by Gasteiger charge is 2.20. The first kappa shape index (κ1) is 21.9. The maximum atomic E-state index is 9.87. The molecule has 162 valence electrons. The van der Waals surface area contributed by atoms with Gasteiger partial charge in [0.2, 0.25) is 11.8 Å². The Bertz CT molecular complexity index is 912. The van der Waals surface area contributed by atoms with E-state index in [2.05, 4.69) is 15.0 Å². The normalized spacial score (nSPS) is 12.5. The lowest BCUT2D eigenvalue weighted by Gasteiger charge is -2.22. The molecule has 3 N–H and O–H groups in total. The monoisotopic (exact) mass is 415 g/mol. The van der Waals surface area contributed by atoms with Crippen LogP contribution in [0.1, 0.15) is 25.8 Å². The molecule has 0 spiro atoms.